The fourth-order valence-corrected chi connectivity index (χ4v) is 1.43. The highest BCUT2D eigenvalue weighted by molar-refractivity contribution is 6.02. The molecule has 5 heteroatoms. The lowest BCUT2D eigenvalue weighted by molar-refractivity contribution is -0.246. The van der Waals surface area contributed by atoms with E-state index in [0.29, 0.717) is 13.2 Å². The molecule has 21 heavy (non-hydrogen) atoms. The minimum atomic E-state index is -0.701. The molecule has 0 aliphatic heterocycles. The molecule has 0 bridgehead atoms. The third kappa shape index (κ3) is 5.95. The Morgan fingerprint density at radius 2 is 1.43 bits per heavy atom. The molecular formula is C16H22O5. The molecule has 0 aromatic heterocycles. The SMILES string of the molecule is CC(C)COOC(=O)c1ccccc1C(=O)OCC(C)C. The Morgan fingerprint density at radius 1 is 0.905 bits per heavy atom. The average Bonchev–Trinajstić information content (AvgIpc) is 2.44. The molecular weight excluding hydrogens is 272 g/mol. The second-order valence-corrected chi connectivity index (χ2v) is 5.59. The summed E-state index contributed by atoms with van der Waals surface area (Å²) in [6.45, 7) is 8.34. The van der Waals surface area contributed by atoms with Crippen LogP contribution in [0.4, 0.5) is 0 Å². The maximum atomic E-state index is 12.0. The summed E-state index contributed by atoms with van der Waals surface area (Å²) in [5.41, 5.74) is 0.311. The van der Waals surface area contributed by atoms with E-state index in [1.54, 1.807) is 12.1 Å². The van der Waals surface area contributed by atoms with Crippen LogP contribution in [-0.4, -0.2) is 25.2 Å². The van der Waals surface area contributed by atoms with E-state index in [9.17, 15) is 9.59 Å². The van der Waals surface area contributed by atoms with E-state index < -0.39 is 11.9 Å². The van der Waals surface area contributed by atoms with Gasteiger partial charge in [0.25, 0.3) is 0 Å². The van der Waals surface area contributed by atoms with Crippen molar-refractivity contribution < 1.29 is 24.1 Å². The van der Waals surface area contributed by atoms with Crippen LogP contribution in [0.1, 0.15) is 48.4 Å². The zero-order chi connectivity index (χ0) is 15.8. The summed E-state index contributed by atoms with van der Waals surface area (Å²) in [4.78, 5) is 33.5. The lowest BCUT2D eigenvalue weighted by atomic mass is 10.1. The van der Waals surface area contributed by atoms with Crippen molar-refractivity contribution in [2.45, 2.75) is 27.7 Å². The molecule has 0 N–H and O–H groups in total. The van der Waals surface area contributed by atoms with Crippen molar-refractivity contribution in [3.63, 3.8) is 0 Å². The fraction of sp³-hybridized carbons (Fsp3) is 0.500. The molecule has 0 spiro atoms. The first kappa shape index (κ1) is 17.2. The number of hydrogen-bond acceptors (Lipinski definition) is 5. The van der Waals surface area contributed by atoms with Crippen LogP contribution in [0.15, 0.2) is 24.3 Å². The van der Waals surface area contributed by atoms with E-state index in [1.165, 1.54) is 12.1 Å². The maximum Gasteiger partial charge on any atom is 0.373 e. The molecule has 0 heterocycles. The summed E-state index contributed by atoms with van der Waals surface area (Å²) in [7, 11) is 0. The Morgan fingerprint density at radius 3 is 1.95 bits per heavy atom. The molecule has 0 unspecified atom stereocenters. The monoisotopic (exact) mass is 294 g/mol. The van der Waals surface area contributed by atoms with Crippen LogP contribution in [0.2, 0.25) is 0 Å². The van der Waals surface area contributed by atoms with E-state index in [2.05, 4.69) is 0 Å². The second-order valence-electron chi connectivity index (χ2n) is 5.59. The summed E-state index contributed by atoms with van der Waals surface area (Å²) in [6, 6.07) is 6.35. The van der Waals surface area contributed by atoms with Gasteiger partial charge in [0.1, 0.15) is 0 Å². The van der Waals surface area contributed by atoms with E-state index >= 15 is 0 Å². The smallest absolute Gasteiger partial charge is 0.373 e. The normalized spacial score (nSPS) is 10.8. The zero-order valence-corrected chi connectivity index (χ0v) is 12.9. The lowest BCUT2D eigenvalue weighted by Gasteiger charge is -2.10. The third-order valence-electron chi connectivity index (χ3n) is 2.45. The molecule has 1 aromatic carbocycles. The summed E-state index contributed by atoms with van der Waals surface area (Å²) in [5.74, 6) is -0.778. The van der Waals surface area contributed by atoms with E-state index in [0.717, 1.165) is 0 Å². The summed E-state index contributed by atoms with van der Waals surface area (Å²) in [5, 5.41) is 0. The first-order valence-corrected chi connectivity index (χ1v) is 7.01. The van der Waals surface area contributed by atoms with Gasteiger partial charge in [-0.05, 0) is 24.0 Å². The van der Waals surface area contributed by atoms with Crippen molar-refractivity contribution in [1.82, 2.24) is 0 Å². The Bertz CT molecular complexity index is 479. The minimum absolute atomic E-state index is 0.134. The predicted octanol–water partition coefficient (Wildman–Crippen LogP) is 3.24. The van der Waals surface area contributed by atoms with Crippen molar-refractivity contribution in [3.05, 3.63) is 35.4 Å². The predicted molar refractivity (Wildman–Crippen MR) is 77.8 cm³/mol. The van der Waals surface area contributed by atoms with Crippen LogP contribution in [-0.2, 0) is 14.5 Å². The Kier molecular flexibility index (Phi) is 6.88. The van der Waals surface area contributed by atoms with Crippen LogP contribution in [0.3, 0.4) is 0 Å². The average molecular weight is 294 g/mol. The molecule has 116 valence electrons. The van der Waals surface area contributed by atoms with Crippen molar-refractivity contribution >= 4 is 11.9 Å². The van der Waals surface area contributed by atoms with Gasteiger partial charge in [-0.1, -0.05) is 39.8 Å². The Labute approximate surface area is 125 Å². The van der Waals surface area contributed by atoms with Gasteiger partial charge in [0.05, 0.1) is 24.3 Å². The van der Waals surface area contributed by atoms with Gasteiger partial charge in [0, 0.05) is 0 Å². The van der Waals surface area contributed by atoms with Crippen LogP contribution < -0.4 is 0 Å². The highest BCUT2D eigenvalue weighted by Gasteiger charge is 2.20. The van der Waals surface area contributed by atoms with Crippen LogP contribution in [0.25, 0.3) is 0 Å². The van der Waals surface area contributed by atoms with Gasteiger partial charge in [0.2, 0.25) is 0 Å². The maximum absolute atomic E-state index is 12.0. The molecule has 0 saturated carbocycles. The number of hydrogen-bond donors (Lipinski definition) is 0. The molecule has 0 aliphatic rings. The van der Waals surface area contributed by atoms with Gasteiger partial charge >= 0.3 is 11.9 Å². The summed E-state index contributed by atoms with van der Waals surface area (Å²) in [6.07, 6.45) is 0. The van der Waals surface area contributed by atoms with Gasteiger partial charge in [-0.2, -0.15) is 4.89 Å². The molecule has 0 radical (unpaired) electrons. The lowest BCUT2D eigenvalue weighted by Crippen LogP contribution is -2.16. The highest BCUT2D eigenvalue weighted by Crippen LogP contribution is 2.13. The van der Waals surface area contributed by atoms with Gasteiger partial charge in [0.15, 0.2) is 0 Å². The first-order valence-electron chi connectivity index (χ1n) is 7.01. The van der Waals surface area contributed by atoms with Gasteiger partial charge in [-0.25, -0.2) is 9.59 Å². The molecule has 0 aliphatic carbocycles. The topological polar surface area (TPSA) is 61.8 Å². The minimum Gasteiger partial charge on any atom is -0.462 e. The van der Waals surface area contributed by atoms with Crippen LogP contribution in [0, 0.1) is 11.8 Å². The van der Waals surface area contributed by atoms with Gasteiger partial charge < -0.3 is 4.74 Å². The molecule has 5 nitrogen and oxygen atoms in total. The Balaban J connectivity index is 2.74. The third-order valence-corrected chi connectivity index (χ3v) is 2.45. The highest BCUT2D eigenvalue weighted by atomic mass is 17.2. The number of carbonyl (C=O) groups excluding carboxylic acids is 2. The molecule has 0 saturated heterocycles. The summed E-state index contributed by atoms with van der Waals surface area (Å²) >= 11 is 0. The molecule has 1 aromatic rings. The number of carbonyl (C=O) groups is 2. The van der Waals surface area contributed by atoms with Gasteiger partial charge in [-0.15, -0.1) is 0 Å². The van der Waals surface area contributed by atoms with Crippen LogP contribution in [0.5, 0.6) is 0 Å². The van der Waals surface area contributed by atoms with Gasteiger partial charge in [-0.3, -0.25) is 4.89 Å². The standard InChI is InChI=1S/C16H22O5/c1-11(2)9-19-15(17)13-7-5-6-8-14(13)16(18)21-20-10-12(3)4/h5-8,11-12H,9-10H2,1-4H3. The molecule has 0 amide bonds. The van der Waals surface area contributed by atoms with Crippen molar-refractivity contribution in [2.75, 3.05) is 13.2 Å². The van der Waals surface area contributed by atoms with E-state index in [1.807, 2.05) is 27.7 Å². The molecule has 0 atom stereocenters. The van der Waals surface area contributed by atoms with E-state index in [4.69, 9.17) is 14.5 Å². The fourth-order valence-electron chi connectivity index (χ4n) is 1.43. The van der Waals surface area contributed by atoms with Crippen molar-refractivity contribution in [2.24, 2.45) is 11.8 Å². The van der Waals surface area contributed by atoms with E-state index in [-0.39, 0.29) is 23.0 Å². The van der Waals surface area contributed by atoms with Crippen molar-refractivity contribution in [3.8, 4) is 0 Å². The van der Waals surface area contributed by atoms with Crippen LogP contribution >= 0.6 is 0 Å². The zero-order valence-electron chi connectivity index (χ0n) is 12.9. The second kappa shape index (κ2) is 8.42. The molecule has 0 fully saturated rings. The quantitative estimate of drug-likeness (QED) is 0.439. The number of rotatable bonds is 7. The number of esters is 1. The van der Waals surface area contributed by atoms with Crippen molar-refractivity contribution in [1.29, 1.82) is 0 Å². The molecule has 1 rings (SSSR count). The summed E-state index contributed by atoms with van der Waals surface area (Å²) < 4.78 is 5.14. The number of ether oxygens (including phenoxy) is 1. The number of benzene rings is 1. The largest absolute Gasteiger partial charge is 0.462 e. The Hall–Kier alpha value is -1.88. The first-order chi connectivity index (χ1) is 9.91.